The molecule has 1 heteroatoms. The standard InChI is InChI=1S/C30H38P/c1-3-5-6-7-8-9-10-17-26-31(28-18-13-11-14-19-28,29-20-15-12-16-21-29)30-24-22-27(4-2)23-25-30/h4,11-16,18-25H,2-3,5-10,17,26H2,1H3/q+1. The maximum absolute atomic E-state index is 3.94. The zero-order valence-electron chi connectivity index (χ0n) is 19.2. The van der Waals surface area contributed by atoms with Crippen LogP contribution >= 0.6 is 7.26 Å². The number of hydrogen-bond acceptors (Lipinski definition) is 0. The summed E-state index contributed by atoms with van der Waals surface area (Å²) in [6.07, 6.45) is 14.1. The molecule has 0 atom stereocenters. The summed E-state index contributed by atoms with van der Waals surface area (Å²) in [5.74, 6) is 0. The molecule has 0 fully saturated rings. The van der Waals surface area contributed by atoms with Crippen LogP contribution in [0.2, 0.25) is 0 Å². The Morgan fingerprint density at radius 2 is 1.03 bits per heavy atom. The molecule has 0 bridgehead atoms. The van der Waals surface area contributed by atoms with Crippen molar-refractivity contribution in [2.45, 2.75) is 58.3 Å². The zero-order chi connectivity index (χ0) is 21.8. The van der Waals surface area contributed by atoms with Crippen molar-refractivity contribution in [2.24, 2.45) is 0 Å². The van der Waals surface area contributed by atoms with Gasteiger partial charge in [-0.05, 0) is 54.8 Å². The minimum Gasteiger partial charge on any atom is -0.0985 e. The maximum atomic E-state index is 3.94. The van der Waals surface area contributed by atoms with E-state index in [9.17, 15) is 0 Å². The summed E-state index contributed by atoms with van der Waals surface area (Å²) in [4.78, 5) is 0. The van der Waals surface area contributed by atoms with E-state index in [4.69, 9.17) is 0 Å². The van der Waals surface area contributed by atoms with Crippen LogP contribution in [0.15, 0.2) is 91.5 Å². The second-order valence-corrected chi connectivity index (χ2v) is 12.1. The number of rotatable bonds is 13. The molecule has 0 aliphatic carbocycles. The average molecular weight is 430 g/mol. The molecule has 162 valence electrons. The molecule has 0 saturated carbocycles. The van der Waals surface area contributed by atoms with Gasteiger partial charge in [-0.25, -0.2) is 0 Å². The largest absolute Gasteiger partial charge is 0.112 e. The maximum Gasteiger partial charge on any atom is 0.112 e. The van der Waals surface area contributed by atoms with Crippen LogP contribution in [0, 0.1) is 0 Å². The molecule has 0 N–H and O–H groups in total. The van der Waals surface area contributed by atoms with Crippen molar-refractivity contribution < 1.29 is 0 Å². The monoisotopic (exact) mass is 429 g/mol. The van der Waals surface area contributed by atoms with E-state index >= 15 is 0 Å². The van der Waals surface area contributed by atoms with E-state index in [2.05, 4.69) is 98.4 Å². The summed E-state index contributed by atoms with van der Waals surface area (Å²) in [5.41, 5.74) is 1.19. The third-order valence-electron chi connectivity index (χ3n) is 6.31. The van der Waals surface area contributed by atoms with Crippen LogP contribution in [0.3, 0.4) is 0 Å². The highest BCUT2D eigenvalue weighted by molar-refractivity contribution is 7.95. The molecule has 31 heavy (non-hydrogen) atoms. The van der Waals surface area contributed by atoms with Gasteiger partial charge in [0.15, 0.2) is 0 Å². The van der Waals surface area contributed by atoms with Gasteiger partial charge in [0.25, 0.3) is 0 Å². The van der Waals surface area contributed by atoms with Gasteiger partial charge in [0.2, 0.25) is 0 Å². The first-order chi connectivity index (χ1) is 15.3. The lowest BCUT2D eigenvalue weighted by atomic mass is 10.1. The second-order valence-electron chi connectivity index (χ2n) is 8.47. The minimum atomic E-state index is -1.68. The smallest absolute Gasteiger partial charge is 0.0985 e. The molecule has 0 radical (unpaired) electrons. The fourth-order valence-corrected chi connectivity index (χ4v) is 8.93. The second kappa shape index (κ2) is 12.6. The lowest BCUT2D eigenvalue weighted by molar-refractivity contribution is 0.586. The Balaban J connectivity index is 1.89. The van der Waals surface area contributed by atoms with Crippen LogP contribution in [0.25, 0.3) is 6.08 Å². The topological polar surface area (TPSA) is 0 Å². The third-order valence-corrected chi connectivity index (χ3v) is 10.8. The molecule has 3 aromatic carbocycles. The fourth-order valence-electron chi connectivity index (χ4n) is 4.55. The Kier molecular flexibility index (Phi) is 9.57. The van der Waals surface area contributed by atoms with Crippen LogP contribution in [0.4, 0.5) is 0 Å². The molecular weight excluding hydrogens is 391 g/mol. The third kappa shape index (κ3) is 6.18. The van der Waals surface area contributed by atoms with Crippen molar-refractivity contribution in [1.82, 2.24) is 0 Å². The summed E-state index contributed by atoms with van der Waals surface area (Å²) in [6, 6.07) is 31.7. The molecule has 0 amide bonds. The van der Waals surface area contributed by atoms with E-state index in [-0.39, 0.29) is 0 Å². The predicted octanol–water partition coefficient (Wildman–Crippen LogP) is 7.76. The minimum absolute atomic E-state index is 1.19. The lowest BCUT2D eigenvalue weighted by Gasteiger charge is -2.28. The molecule has 0 aliphatic heterocycles. The molecule has 0 aromatic heterocycles. The van der Waals surface area contributed by atoms with Gasteiger partial charge in [0.1, 0.15) is 23.2 Å². The molecule has 0 unspecified atom stereocenters. The Hall–Kier alpha value is -2.17. The molecule has 0 spiro atoms. The van der Waals surface area contributed by atoms with Crippen LogP contribution < -0.4 is 15.9 Å². The zero-order valence-corrected chi connectivity index (χ0v) is 20.1. The Bertz CT molecular complexity index is 841. The van der Waals surface area contributed by atoms with Crippen LogP contribution in [-0.4, -0.2) is 6.16 Å². The molecule has 0 nitrogen and oxygen atoms in total. The van der Waals surface area contributed by atoms with Gasteiger partial charge in [0, 0.05) is 0 Å². The molecule has 0 heterocycles. The molecule has 0 saturated heterocycles. The first-order valence-electron chi connectivity index (χ1n) is 12.0. The van der Waals surface area contributed by atoms with Crippen LogP contribution in [0.1, 0.15) is 63.9 Å². The van der Waals surface area contributed by atoms with E-state index in [0.717, 1.165) is 0 Å². The van der Waals surface area contributed by atoms with E-state index < -0.39 is 7.26 Å². The molecular formula is C30H38P+. The Morgan fingerprint density at radius 3 is 1.52 bits per heavy atom. The van der Waals surface area contributed by atoms with Gasteiger partial charge in [0.05, 0.1) is 6.16 Å². The lowest BCUT2D eigenvalue weighted by Crippen LogP contribution is -2.33. The highest BCUT2D eigenvalue weighted by Gasteiger charge is 2.44. The van der Waals surface area contributed by atoms with Gasteiger partial charge >= 0.3 is 0 Å². The van der Waals surface area contributed by atoms with E-state index in [1.807, 2.05) is 6.08 Å². The summed E-state index contributed by atoms with van der Waals surface area (Å²) >= 11 is 0. The van der Waals surface area contributed by atoms with Crippen LogP contribution in [-0.2, 0) is 0 Å². The van der Waals surface area contributed by atoms with Gasteiger partial charge < -0.3 is 0 Å². The Labute approximate surface area is 190 Å². The van der Waals surface area contributed by atoms with Gasteiger partial charge in [-0.1, -0.05) is 107 Å². The highest BCUT2D eigenvalue weighted by atomic mass is 31.2. The van der Waals surface area contributed by atoms with Crippen molar-refractivity contribution in [3.63, 3.8) is 0 Å². The van der Waals surface area contributed by atoms with Crippen molar-refractivity contribution in [1.29, 1.82) is 0 Å². The highest BCUT2D eigenvalue weighted by Crippen LogP contribution is 2.56. The number of hydrogen-bond donors (Lipinski definition) is 0. The van der Waals surface area contributed by atoms with E-state index in [1.54, 1.807) is 0 Å². The predicted molar refractivity (Wildman–Crippen MR) is 143 cm³/mol. The average Bonchev–Trinajstić information content (AvgIpc) is 2.84. The quantitative estimate of drug-likeness (QED) is 0.192. The van der Waals surface area contributed by atoms with Crippen molar-refractivity contribution >= 4 is 29.3 Å². The van der Waals surface area contributed by atoms with Gasteiger partial charge in [-0.3, -0.25) is 0 Å². The van der Waals surface area contributed by atoms with Crippen LogP contribution in [0.5, 0.6) is 0 Å². The first kappa shape index (κ1) is 23.5. The summed E-state index contributed by atoms with van der Waals surface area (Å²) in [5, 5.41) is 4.48. The van der Waals surface area contributed by atoms with E-state index in [1.165, 1.54) is 79.0 Å². The summed E-state index contributed by atoms with van der Waals surface area (Å²) < 4.78 is 0. The van der Waals surface area contributed by atoms with Crippen molar-refractivity contribution in [3.05, 3.63) is 97.1 Å². The van der Waals surface area contributed by atoms with Gasteiger partial charge in [-0.15, -0.1) is 0 Å². The van der Waals surface area contributed by atoms with Crippen molar-refractivity contribution in [3.8, 4) is 0 Å². The molecule has 3 rings (SSSR count). The molecule has 3 aromatic rings. The normalized spacial score (nSPS) is 11.4. The fraction of sp³-hybridized carbons (Fsp3) is 0.333. The number of benzene rings is 3. The SMILES string of the molecule is C=Cc1ccc([P+](CCCCCCCCCC)(c2ccccc2)c2ccccc2)cc1. The Morgan fingerprint density at radius 1 is 0.581 bits per heavy atom. The first-order valence-corrected chi connectivity index (χ1v) is 14.0. The number of unbranched alkanes of at least 4 members (excludes halogenated alkanes) is 7. The summed E-state index contributed by atoms with van der Waals surface area (Å²) in [6.45, 7) is 6.23. The molecule has 0 aliphatic rings. The van der Waals surface area contributed by atoms with Crippen molar-refractivity contribution in [2.75, 3.05) is 6.16 Å². The van der Waals surface area contributed by atoms with Gasteiger partial charge in [-0.2, -0.15) is 0 Å². The summed E-state index contributed by atoms with van der Waals surface area (Å²) in [7, 11) is -1.68. The van der Waals surface area contributed by atoms with E-state index in [0.29, 0.717) is 0 Å².